The number of sulfonamides is 1. The Morgan fingerprint density at radius 1 is 1.03 bits per heavy atom. The molecule has 30 heavy (non-hydrogen) atoms. The Kier molecular flexibility index (Phi) is 7.45. The number of carbonyl (C=O) groups excluding carboxylic acids is 1. The van der Waals surface area contributed by atoms with Crippen LogP contribution < -0.4 is 4.72 Å². The van der Waals surface area contributed by atoms with Gasteiger partial charge in [-0.2, -0.15) is 5.26 Å². The van der Waals surface area contributed by atoms with Gasteiger partial charge in [-0.05, 0) is 42.0 Å². The number of hydrogen-bond acceptors (Lipinski definition) is 5. The van der Waals surface area contributed by atoms with E-state index in [0.29, 0.717) is 23.7 Å². The Morgan fingerprint density at radius 3 is 2.27 bits per heavy atom. The van der Waals surface area contributed by atoms with Crippen molar-refractivity contribution in [3.63, 3.8) is 0 Å². The topological polar surface area (TPSA) is 93.5 Å². The van der Waals surface area contributed by atoms with E-state index in [1.54, 1.807) is 4.90 Å². The number of benzene rings is 2. The predicted octanol–water partition coefficient (Wildman–Crippen LogP) is 2.49. The van der Waals surface area contributed by atoms with Crippen LogP contribution in [0.1, 0.15) is 22.3 Å². The van der Waals surface area contributed by atoms with Crippen molar-refractivity contribution in [2.24, 2.45) is 0 Å². The Bertz CT molecular complexity index is 1010. The van der Waals surface area contributed by atoms with Gasteiger partial charge in [0.15, 0.2) is 0 Å². The molecule has 0 aliphatic carbocycles. The van der Waals surface area contributed by atoms with Gasteiger partial charge < -0.3 is 4.90 Å². The minimum Gasteiger partial charge on any atom is -0.336 e. The summed E-state index contributed by atoms with van der Waals surface area (Å²) in [6.07, 6.45) is 0.0970. The molecule has 1 fully saturated rings. The summed E-state index contributed by atoms with van der Waals surface area (Å²) >= 11 is 5.92. The van der Waals surface area contributed by atoms with E-state index in [1.165, 1.54) is 29.8 Å². The van der Waals surface area contributed by atoms with Crippen LogP contribution in [0.5, 0.6) is 0 Å². The van der Waals surface area contributed by atoms with E-state index in [2.05, 4.69) is 9.62 Å². The molecule has 0 saturated carbocycles. The molecule has 1 N–H and O–H groups in total. The first-order valence-electron chi connectivity index (χ1n) is 9.62. The van der Waals surface area contributed by atoms with E-state index in [-0.39, 0.29) is 23.8 Å². The molecule has 0 spiro atoms. The summed E-state index contributed by atoms with van der Waals surface area (Å²) in [5.74, 6) is -0.109. The van der Waals surface area contributed by atoms with Crippen LogP contribution in [-0.2, 0) is 16.6 Å². The Morgan fingerprint density at radius 2 is 1.67 bits per heavy atom. The second-order valence-electron chi connectivity index (χ2n) is 7.03. The van der Waals surface area contributed by atoms with E-state index < -0.39 is 10.0 Å². The standard InChI is InChI=1S/C21H23ClN4O3S/c22-19-6-2-17(3-7-19)16-25-12-14-26(15-13-25)21(27)18-4-8-20(9-5-18)30(28,29)24-11-1-10-23/h2-9,24H,1,11-16H2. The summed E-state index contributed by atoms with van der Waals surface area (Å²) in [5.41, 5.74) is 1.64. The van der Waals surface area contributed by atoms with Gasteiger partial charge in [-0.15, -0.1) is 0 Å². The molecule has 7 nitrogen and oxygen atoms in total. The highest BCUT2D eigenvalue weighted by Crippen LogP contribution is 2.16. The van der Waals surface area contributed by atoms with Gasteiger partial charge in [-0.3, -0.25) is 9.69 Å². The van der Waals surface area contributed by atoms with E-state index in [9.17, 15) is 13.2 Å². The molecule has 1 aliphatic rings. The van der Waals surface area contributed by atoms with Gasteiger partial charge >= 0.3 is 0 Å². The third-order valence-electron chi connectivity index (χ3n) is 4.92. The second-order valence-corrected chi connectivity index (χ2v) is 9.23. The molecule has 1 aliphatic heterocycles. The summed E-state index contributed by atoms with van der Waals surface area (Å²) < 4.78 is 26.7. The first kappa shape index (κ1) is 22.2. The Labute approximate surface area is 181 Å². The summed E-state index contributed by atoms with van der Waals surface area (Å²) in [5, 5.41) is 9.23. The van der Waals surface area contributed by atoms with Crippen LogP contribution >= 0.6 is 11.6 Å². The number of hydrogen-bond donors (Lipinski definition) is 1. The fourth-order valence-electron chi connectivity index (χ4n) is 3.24. The van der Waals surface area contributed by atoms with Crippen molar-refractivity contribution in [2.75, 3.05) is 32.7 Å². The summed E-state index contributed by atoms with van der Waals surface area (Å²) in [4.78, 5) is 16.9. The maximum Gasteiger partial charge on any atom is 0.253 e. The number of piperazine rings is 1. The number of nitrogens with zero attached hydrogens (tertiary/aromatic N) is 3. The molecule has 1 amide bonds. The first-order chi connectivity index (χ1) is 14.4. The largest absolute Gasteiger partial charge is 0.336 e. The molecule has 0 atom stereocenters. The normalized spacial score (nSPS) is 15.0. The van der Waals surface area contributed by atoms with Gasteiger partial charge in [0.2, 0.25) is 10.0 Å². The maximum atomic E-state index is 12.8. The lowest BCUT2D eigenvalue weighted by atomic mass is 10.1. The van der Waals surface area contributed by atoms with Crippen LogP contribution in [0.2, 0.25) is 5.02 Å². The quantitative estimate of drug-likeness (QED) is 0.659. The van der Waals surface area contributed by atoms with Crippen LogP contribution in [-0.4, -0.2) is 56.8 Å². The zero-order valence-electron chi connectivity index (χ0n) is 16.4. The van der Waals surface area contributed by atoms with Crippen LogP contribution in [0.15, 0.2) is 53.4 Å². The monoisotopic (exact) mass is 446 g/mol. The van der Waals surface area contributed by atoms with E-state index in [4.69, 9.17) is 16.9 Å². The first-order valence-corrected chi connectivity index (χ1v) is 11.5. The molecule has 3 rings (SSSR count). The van der Waals surface area contributed by atoms with Crippen LogP contribution in [0.25, 0.3) is 0 Å². The minimum absolute atomic E-state index is 0.0554. The number of nitriles is 1. The summed E-state index contributed by atoms with van der Waals surface area (Å²) in [6.45, 7) is 3.63. The van der Waals surface area contributed by atoms with Crippen molar-refractivity contribution >= 4 is 27.5 Å². The molecule has 158 valence electrons. The van der Waals surface area contributed by atoms with Crippen molar-refractivity contribution in [3.8, 4) is 6.07 Å². The van der Waals surface area contributed by atoms with Gasteiger partial charge in [0.1, 0.15) is 0 Å². The zero-order valence-corrected chi connectivity index (χ0v) is 18.0. The lowest BCUT2D eigenvalue weighted by molar-refractivity contribution is 0.0628. The zero-order chi connectivity index (χ0) is 21.6. The average Bonchev–Trinajstić information content (AvgIpc) is 2.76. The van der Waals surface area contributed by atoms with Gasteiger partial charge in [0, 0.05) is 56.3 Å². The van der Waals surface area contributed by atoms with Gasteiger partial charge in [0.25, 0.3) is 5.91 Å². The lowest BCUT2D eigenvalue weighted by Crippen LogP contribution is -2.48. The van der Waals surface area contributed by atoms with Crippen LogP contribution in [0.4, 0.5) is 0 Å². The molecule has 0 aromatic heterocycles. The highest BCUT2D eigenvalue weighted by atomic mass is 35.5. The van der Waals surface area contributed by atoms with Gasteiger partial charge in [-0.25, -0.2) is 13.1 Å². The minimum atomic E-state index is -3.68. The van der Waals surface area contributed by atoms with Crippen molar-refractivity contribution < 1.29 is 13.2 Å². The molecular formula is C21H23ClN4O3S. The fraction of sp³-hybridized carbons (Fsp3) is 0.333. The number of amides is 1. The molecule has 1 saturated heterocycles. The lowest BCUT2D eigenvalue weighted by Gasteiger charge is -2.34. The fourth-order valence-corrected chi connectivity index (χ4v) is 4.40. The molecule has 0 radical (unpaired) electrons. The van der Waals surface area contributed by atoms with Gasteiger partial charge in [0.05, 0.1) is 11.0 Å². The van der Waals surface area contributed by atoms with Crippen molar-refractivity contribution in [1.29, 1.82) is 5.26 Å². The molecule has 1 heterocycles. The molecule has 2 aromatic carbocycles. The SMILES string of the molecule is N#CCCNS(=O)(=O)c1ccc(C(=O)N2CCN(Cc3ccc(Cl)cc3)CC2)cc1. The van der Waals surface area contributed by atoms with Crippen molar-refractivity contribution in [3.05, 3.63) is 64.7 Å². The highest BCUT2D eigenvalue weighted by Gasteiger charge is 2.23. The average molecular weight is 447 g/mol. The predicted molar refractivity (Wildman–Crippen MR) is 114 cm³/mol. The second kappa shape index (κ2) is 10.0. The van der Waals surface area contributed by atoms with E-state index in [1.807, 2.05) is 30.3 Å². The molecular weight excluding hydrogens is 424 g/mol. The third kappa shape index (κ3) is 5.80. The smallest absolute Gasteiger partial charge is 0.253 e. The Balaban J connectivity index is 1.54. The van der Waals surface area contributed by atoms with Gasteiger partial charge in [-0.1, -0.05) is 23.7 Å². The number of carbonyl (C=O) groups is 1. The molecule has 9 heteroatoms. The number of nitrogens with one attached hydrogen (secondary N) is 1. The molecule has 0 unspecified atom stereocenters. The van der Waals surface area contributed by atoms with Crippen molar-refractivity contribution in [1.82, 2.24) is 14.5 Å². The van der Waals surface area contributed by atoms with Crippen molar-refractivity contribution in [2.45, 2.75) is 17.9 Å². The highest BCUT2D eigenvalue weighted by molar-refractivity contribution is 7.89. The maximum absolute atomic E-state index is 12.8. The van der Waals surface area contributed by atoms with E-state index in [0.717, 1.165) is 19.6 Å². The third-order valence-corrected chi connectivity index (χ3v) is 6.65. The number of rotatable bonds is 7. The van der Waals surface area contributed by atoms with Crippen LogP contribution in [0.3, 0.4) is 0 Å². The summed E-state index contributed by atoms with van der Waals surface area (Å²) in [6, 6.07) is 15.5. The number of halogens is 1. The van der Waals surface area contributed by atoms with Crippen LogP contribution in [0, 0.1) is 11.3 Å². The Hall–Kier alpha value is -2.44. The van der Waals surface area contributed by atoms with E-state index >= 15 is 0 Å². The summed E-state index contributed by atoms with van der Waals surface area (Å²) in [7, 11) is -3.68. The molecule has 0 bridgehead atoms. The molecule has 2 aromatic rings.